The molecule has 1 heterocycles. The molecule has 1 aliphatic heterocycles. The van der Waals surface area contributed by atoms with Crippen molar-refractivity contribution in [1.29, 1.82) is 0 Å². The summed E-state index contributed by atoms with van der Waals surface area (Å²) in [7, 11) is 0. The lowest BCUT2D eigenvalue weighted by molar-refractivity contribution is -0.171. The van der Waals surface area contributed by atoms with Crippen molar-refractivity contribution in [3.05, 3.63) is 35.9 Å². The van der Waals surface area contributed by atoms with Crippen molar-refractivity contribution >= 4 is 34.4 Å². The monoisotopic (exact) mass is 315 g/mol. The molecule has 1 atom stereocenters. The summed E-state index contributed by atoms with van der Waals surface area (Å²) in [4.78, 5) is 22.9. The second kappa shape index (κ2) is 3.57. The maximum atomic E-state index is 11.7. The third-order valence-electron chi connectivity index (χ3n) is 2.39. The van der Waals surface area contributed by atoms with E-state index in [9.17, 15) is 14.8 Å². The molecule has 1 aliphatic rings. The SMILES string of the molecule is O=C1CC([125I])(c2ccccc2)C(=O)N1O. The van der Waals surface area contributed by atoms with Crippen LogP contribution in [0.15, 0.2) is 30.3 Å². The zero-order valence-corrected chi connectivity index (χ0v) is 9.84. The molecule has 2 amide bonds. The van der Waals surface area contributed by atoms with Gasteiger partial charge in [-0.25, -0.2) is 0 Å². The Morgan fingerprint density at radius 2 is 1.87 bits per heavy atom. The van der Waals surface area contributed by atoms with E-state index in [1.807, 2.05) is 28.7 Å². The van der Waals surface area contributed by atoms with Crippen LogP contribution in [0, 0.1) is 0 Å². The van der Waals surface area contributed by atoms with Crippen molar-refractivity contribution in [1.82, 2.24) is 5.06 Å². The van der Waals surface area contributed by atoms with Crippen LogP contribution in [0.3, 0.4) is 0 Å². The van der Waals surface area contributed by atoms with Gasteiger partial charge in [-0.15, -0.1) is 0 Å². The fourth-order valence-corrected chi connectivity index (χ4v) is 2.48. The minimum Gasteiger partial charge on any atom is -0.278 e. The summed E-state index contributed by atoms with van der Waals surface area (Å²) in [6, 6.07) is 8.98. The Morgan fingerprint density at radius 3 is 2.33 bits per heavy atom. The maximum absolute atomic E-state index is 11.7. The first-order valence-corrected chi connectivity index (χ1v) is 5.44. The highest BCUT2D eigenvalue weighted by Crippen LogP contribution is 2.41. The number of hydrogen-bond donors (Lipinski definition) is 1. The van der Waals surface area contributed by atoms with Gasteiger partial charge in [-0.2, -0.15) is 5.06 Å². The Hall–Kier alpha value is -0.950. The Kier molecular flexibility index (Phi) is 2.51. The molecule has 1 N–H and O–H groups in total. The lowest BCUT2D eigenvalue weighted by atomic mass is 9.98. The third-order valence-corrected chi connectivity index (χ3v) is 3.86. The lowest BCUT2D eigenvalue weighted by Crippen LogP contribution is -2.32. The average Bonchev–Trinajstić information content (AvgIpc) is 2.45. The highest BCUT2D eigenvalue weighted by molar-refractivity contribution is 14.1. The van der Waals surface area contributed by atoms with E-state index < -0.39 is 15.2 Å². The molecule has 1 fully saturated rings. The van der Waals surface area contributed by atoms with E-state index in [0.29, 0.717) is 0 Å². The van der Waals surface area contributed by atoms with Gasteiger partial charge in [0.05, 0.1) is 6.42 Å². The van der Waals surface area contributed by atoms with Gasteiger partial charge in [0.2, 0.25) is 0 Å². The zero-order valence-electron chi connectivity index (χ0n) is 7.68. The molecule has 0 bridgehead atoms. The first-order valence-electron chi connectivity index (χ1n) is 4.36. The summed E-state index contributed by atoms with van der Waals surface area (Å²) >= 11 is 1.92. The first-order chi connectivity index (χ1) is 7.05. The van der Waals surface area contributed by atoms with Gasteiger partial charge in [-0.05, 0) is 5.56 Å². The van der Waals surface area contributed by atoms with Crippen LogP contribution in [0.5, 0.6) is 0 Å². The van der Waals surface area contributed by atoms with Gasteiger partial charge in [-0.1, -0.05) is 52.9 Å². The molecule has 4 nitrogen and oxygen atoms in total. The van der Waals surface area contributed by atoms with Gasteiger partial charge >= 0.3 is 0 Å². The predicted octanol–water partition coefficient (Wildman–Crippen LogP) is 1.46. The highest BCUT2D eigenvalue weighted by atomic mass is 125. The molecule has 0 radical (unpaired) electrons. The molecule has 5 heteroatoms. The second-order valence-corrected chi connectivity index (χ2v) is 5.20. The number of rotatable bonds is 1. The number of carbonyl (C=O) groups excluding carboxylic acids is 2. The summed E-state index contributed by atoms with van der Waals surface area (Å²) in [5, 5.41) is 9.40. The van der Waals surface area contributed by atoms with Gasteiger partial charge in [0.1, 0.15) is 3.42 Å². The molecule has 1 aromatic carbocycles. The van der Waals surface area contributed by atoms with E-state index in [1.165, 1.54) is 0 Å². The number of alkyl halides is 1. The molecular weight excluding hydrogens is 307 g/mol. The molecule has 1 saturated heterocycles. The van der Waals surface area contributed by atoms with Crippen molar-refractivity contribution < 1.29 is 14.8 Å². The fourth-order valence-electron chi connectivity index (χ4n) is 1.57. The summed E-state index contributed by atoms with van der Waals surface area (Å²) in [5.41, 5.74) is 0.737. The molecule has 2 rings (SSSR count). The van der Waals surface area contributed by atoms with Crippen LogP contribution >= 0.6 is 22.6 Å². The maximum Gasteiger partial charge on any atom is 0.274 e. The van der Waals surface area contributed by atoms with Gasteiger partial charge in [0.15, 0.2) is 0 Å². The average molecular weight is 315 g/mol. The number of halogens is 1. The van der Waals surface area contributed by atoms with E-state index in [0.717, 1.165) is 5.56 Å². The van der Waals surface area contributed by atoms with Crippen molar-refractivity contribution in [3.8, 4) is 0 Å². The third kappa shape index (κ3) is 1.55. The molecule has 1 aromatic rings. The molecule has 0 saturated carbocycles. The Bertz CT molecular complexity index is 420. The van der Waals surface area contributed by atoms with Crippen LogP contribution in [-0.2, 0) is 13.0 Å². The molecule has 0 aromatic heterocycles. The van der Waals surface area contributed by atoms with Crippen molar-refractivity contribution in [2.24, 2.45) is 0 Å². The van der Waals surface area contributed by atoms with Crippen LogP contribution in [0.2, 0.25) is 0 Å². The van der Waals surface area contributed by atoms with E-state index in [4.69, 9.17) is 0 Å². The predicted molar refractivity (Wildman–Crippen MR) is 60.4 cm³/mol. The minimum atomic E-state index is -0.954. The number of imide groups is 1. The molecule has 0 aliphatic carbocycles. The quantitative estimate of drug-likeness (QED) is 0.369. The molecular formula is C10H8INO3. The van der Waals surface area contributed by atoms with Crippen LogP contribution in [0.4, 0.5) is 0 Å². The fraction of sp³-hybridized carbons (Fsp3) is 0.200. The van der Waals surface area contributed by atoms with E-state index in [-0.39, 0.29) is 11.5 Å². The highest BCUT2D eigenvalue weighted by Gasteiger charge is 2.51. The molecule has 1 unspecified atom stereocenters. The Labute approximate surface area is 100.0 Å². The molecule has 15 heavy (non-hydrogen) atoms. The summed E-state index contributed by atoms with van der Waals surface area (Å²) < 4.78 is -0.954. The summed E-state index contributed by atoms with van der Waals surface area (Å²) in [5.74, 6) is -1.13. The van der Waals surface area contributed by atoms with E-state index >= 15 is 0 Å². The first kappa shape index (κ1) is 10.6. The van der Waals surface area contributed by atoms with Gasteiger partial charge in [-0.3, -0.25) is 14.8 Å². The summed E-state index contributed by atoms with van der Waals surface area (Å²) in [6.07, 6.45) is 0.00685. The van der Waals surface area contributed by atoms with E-state index in [1.54, 1.807) is 24.3 Å². The standard InChI is InChI=1S/C10H8INO3/c11-10(7-4-2-1-3-5-7)6-8(13)12(15)9(10)14/h1-5,15H,6H2/i11-2. The minimum absolute atomic E-state index is 0.00685. The number of benzene rings is 1. The van der Waals surface area contributed by atoms with Crippen LogP contribution in [-0.4, -0.2) is 22.1 Å². The zero-order chi connectivity index (χ0) is 11.1. The van der Waals surface area contributed by atoms with Crippen LogP contribution in [0.25, 0.3) is 0 Å². The van der Waals surface area contributed by atoms with Gasteiger partial charge in [0.25, 0.3) is 11.8 Å². The number of amides is 2. The van der Waals surface area contributed by atoms with E-state index in [2.05, 4.69) is 0 Å². The number of hydroxylamine groups is 2. The molecule has 78 valence electrons. The van der Waals surface area contributed by atoms with Crippen LogP contribution in [0.1, 0.15) is 12.0 Å². The van der Waals surface area contributed by atoms with Gasteiger partial charge < -0.3 is 0 Å². The normalized spacial score (nSPS) is 26.1. The number of nitrogens with zero attached hydrogens (tertiary/aromatic N) is 1. The largest absolute Gasteiger partial charge is 0.278 e. The van der Waals surface area contributed by atoms with Crippen molar-refractivity contribution in [2.75, 3.05) is 0 Å². The molecule has 0 spiro atoms. The smallest absolute Gasteiger partial charge is 0.274 e. The van der Waals surface area contributed by atoms with Crippen molar-refractivity contribution in [3.63, 3.8) is 0 Å². The lowest BCUT2D eigenvalue weighted by Gasteiger charge is -2.18. The van der Waals surface area contributed by atoms with Crippen molar-refractivity contribution in [2.45, 2.75) is 9.84 Å². The Morgan fingerprint density at radius 1 is 1.27 bits per heavy atom. The second-order valence-electron chi connectivity index (χ2n) is 3.35. The Balaban J connectivity index is 2.45. The van der Waals surface area contributed by atoms with Gasteiger partial charge in [0, 0.05) is 0 Å². The number of hydrogen-bond acceptors (Lipinski definition) is 3. The van der Waals surface area contributed by atoms with Crippen LogP contribution < -0.4 is 0 Å². The topological polar surface area (TPSA) is 57.6 Å². The summed E-state index contributed by atoms with van der Waals surface area (Å²) in [6.45, 7) is 0. The number of carbonyl (C=O) groups is 2.